The van der Waals surface area contributed by atoms with Gasteiger partial charge in [0.2, 0.25) is 5.95 Å². The highest BCUT2D eigenvalue weighted by Crippen LogP contribution is 2.30. The van der Waals surface area contributed by atoms with Gasteiger partial charge in [0.05, 0.1) is 5.60 Å². The molecule has 1 aliphatic heterocycles. The first kappa shape index (κ1) is 15.0. The van der Waals surface area contributed by atoms with Gasteiger partial charge >= 0.3 is 6.18 Å². The summed E-state index contributed by atoms with van der Waals surface area (Å²) in [7, 11) is 0. The number of rotatable bonds is 3. The number of halogens is 3. The first-order chi connectivity index (χ1) is 9.34. The van der Waals surface area contributed by atoms with Gasteiger partial charge in [0, 0.05) is 19.3 Å². The van der Waals surface area contributed by atoms with E-state index >= 15 is 0 Å². The third-order valence-electron chi connectivity index (χ3n) is 3.52. The first-order valence-electron chi connectivity index (χ1n) is 6.42. The standard InChI is InChI=1S/C12H17F3N4O/c13-12(14,15)9-1-6-17-10(18-9)19-7-3-11(20,2-5-16)4-8-19/h1,6,20H,2-5,7-8,16H2. The molecule has 112 valence electrons. The van der Waals surface area contributed by atoms with E-state index in [1.54, 1.807) is 4.90 Å². The number of piperidine rings is 1. The average molecular weight is 290 g/mol. The van der Waals surface area contributed by atoms with Gasteiger partial charge in [-0.25, -0.2) is 9.97 Å². The summed E-state index contributed by atoms with van der Waals surface area (Å²) in [6.07, 6.45) is -1.99. The van der Waals surface area contributed by atoms with Crippen LogP contribution in [0, 0.1) is 0 Å². The largest absolute Gasteiger partial charge is 0.433 e. The number of alkyl halides is 3. The van der Waals surface area contributed by atoms with Crippen LogP contribution in [0.2, 0.25) is 0 Å². The second kappa shape index (κ2) is 5.53. The summed E-state index contributed by atoms with van der Waals surface area (Å²) in [5.41, 5.74) is 3.65. The van der Waals surface area contributed by atoms with E-state index in [1.165, 1.54) is 0 Å². The average Bonchev–Trinajstić information content (AvgIpc) is 2.39. The molecule has 0 aromatic carbocycles. The zero-order valence-electron chi connectivity index (χ0n) is 10.9. The van der Waals surface area contributed by atoms with E-state index in [0.29, 0.717) is 38.9 Å². The van der Waals surface area contributed by atoms with Crippen LogP contribution in [0.15, 0.2) is 12.3 Å². The fourth-order valence-electron chi connectivity index (χ4n) is 2.30. The maximum absolute atomic E-state index is 12.6. The summed E-state index contributed by atoms with van der Waals surface area (Å²) in [5, 5.41) is 10.2. The van der Waals surface area contributed by atoms with Crippen molar-refractivity contribution in [3.05, 3.63) is 18.0 Å². The summed E-state index contributed by atoms with van der Waals surface area (Å²) in [4.78, 5) is 9.08. The molecule has 5 nitrogen and oxygen atoms in total. The van der Waals surface area contributed by atoms with Gasteiger partial charge in [-0.05, 0) is 31.9 Å². The molecular weight excluding hydrogens is 273 g/mol. The van der Waals surface area contributed by atoms with Gasteiger partial charge in [0.25, 0.3) is 0 Å². The molecule has 0 spiro atoms. The van der Waals surface area contributed by atoms with Crippen LogP contribution < -0.4 is 10.6 Å². The fraction of sp³-hybridized carbons (Fsp3) is 0.667. The maximum atomic E-state index is 12.6. The quantitative estimate of drug-likeness (QED) is 0.874. The molecule has 0 radical (unpaired) electrons. The van der Waals surface area contributed by atoms with Crippen LogP contribution in [0.25, 0.3) is 0 Å². The summed E-state index contributed by atoms with van der Waals surface area (Å²) < 4.78 is 37.8. The normalized spacial score (nSPS) is 19.1. The van der Waals surface area contributed by atoms with Gasteiger partial charge in [-0.3, -0.25) is 0 Å². The highest BCUT2D eigenvalue weighted by atomic mass is 19.4. The molecule has 0 unspecified atom stereocenters. The highest BCUT2D eigenvalue weighted by molar-refractivity contribution is 5.32. The van der Waals surface area contributed by atoms with Crippen molar-refractivity contribution in [1.82, 2.24) is 9.97 Å². The van der Waals surface area contributed by atoms with E-state index in [2.05, 4.69) is 9.97 Å². The van der Waals surface area contributed by atoms with Crippen LogP contribution in [-0.2, 0) is 6.18 Å². The lowest BCUT2D eigenvalue weighted by molar-refractivity contribution is -0.141. The minimum atomic E-state index is -4.48. The SMILES string of the molecule is NCCC1(O)CCN(c2nccc(C(F)(F)F)n2)CC1. The molecule has 1 aliphatic rings. The third-order valence-corrected chi connectivity index (χ3v) is 3.52. The van der Waals surface area contributed by atoms with Crippen molar-refractivity contribution in [1.29, 1.82) is 0 Å². The van der Waals surface area contributed by atoms with Crippen LogP contribution in [-0.4, -0.2) is 40.3 Å². The maximum Gasteiger partial charge on any atom is 0.433 e. The molecule has 1 aromatic rings. The summed E-state index contributed by atoms with van der Waals surface area (Å²) in [6, 6.07) is 0.845. The van der Waals surface area contributed by atoms with E-state index in [0.717, 1.165) is 12.3 Å². The second-order valence-electron chi connectivity index (χ2n) is 4.99. The lowest BCUT2D eigenvalue weighted by atomic mass is 9.88. The molecule has 0 saturated carbocycles. The molecule has 0 aliphatic carbocycles. The van der Waals surface area contributed by atoms with Crippen LogP contribution in [0.3, 0.4) is 0 Å². The van der Waals surface area contributed by atoms with E-state index in [4.69, 9.17) is 5.73 Å². The molecule has 0 bridgehead atoms. The lowest BCUT2D eigenvalue weighted by Gasteiger charge is -2.38. The fourth-order valence-corrected chi connectivity index (χ4v) is 2.30. The summed E-state index contributed by atoms with van der Waals surface area (Å²) in [6.45, 7) is 1.21. The molecule has 0 atom stereocenters. The molecule has 20 heavy (non-hydrogen) atoms. The third kappa shape index (κ3) is 3.37. The molecule has 1 saturated heterocycles. The van der Waals surface area contributed by atoms with E-state index in [-0.39, 0.29) is 5.95 Å². The Morgan fingerprint density at radius 1 is 1.35 bits per heavy atom. The van der Waals surface area contributed by atoms with Crippen molar-refractivity contribution < 1.29 is 18.3 Å². The minimum absolute atomic E-state index is 0.0506. The Morgan fingerprint density at radius 3 is 2.55 bits per heavy atom. The Hall–Kier alpha value is -1.41. The van der Waals surface area contributed by atoms with Crippen molar-refractivity contribution in [3.8, 4) is 0 Å². The summed E-state index contributed by atoms with van der Waals surface area (Å²) in [5.74, 6) is 0.0506. The van der Waals surface area contributed by atoms with Crippen LogP contribution in [0.4, 0.5) is 19.1 Å². The monoisotopic (exact) mass is 290 g/mol. The molecule has 0 amide bonds. The molecular formula is C12H17F3N4O. The van der Waals surface area contributed by atoms with E-state index in [9.17, 15) is 18.3 Å². The Bertz CT molecular complexity index is 458. The van der Waals surface area contributed by atoms with Crippen molar-refractivity contribution in [2.45, 2.75) is 31.0 Å². The highest BCUT2D eigenvalue weighted by Gasteiger charge is 2.35. The van der Waals surface area contributed by atoms with Crippen molar-refractivity contribution >= 4 is 5.95 Å². The van der Waals surface area contributed by atoms with Gasteiger partial charge in [0.15, 0.2) is 0 Å². The zero-order valence-corrected chi connectivity index (χ0v) is 10.9. The van der Waals surface area contributed by atoms with Gasteiger partial charge in [-0.2, -0.15) is 13.2 Å². The van der Waals surface area contributed by atoms with Crippen molar-refractivity contribution in [2.75, 3.05) is 24.5 Å². The van der Waals surface area contributed by atoms with Gasteiger partial charge in [-0.15, -0.1) is 0 Å². The van der Waals surface area contributed by atoms with Gasteiger partial charge in [0.1, 0.15) is 5.69 Å². The Labute approximate surface area is 114 Å². The molecule has 8 heteroatoms. The molecule has 1 fully saturated rings. The van der Waals surface area contributed by atoms with Crippen LogP contribution in [0.1, 0.15) is 25.0 Å². The predicted octanol–water partition coefficient (Wildman–Crippen LogP) is 1.18. The number of aliphatic hydroxyl groups is 1. The number of anilines is 1. The van der Waals surface area contributed by atoms with Crippen LogP contribution >= 0.6 is 0 Å². The zero-order chi connectivity index (χ0) is 14.8. The molecule has 1 aromatic heterocycles. The number of hydrogen-bond donors (Lipinski definition) is 2. The lowest BCUT2D eigenvalue weighted by Crippen LogP contribution is -2.46. The Balaban J connectivity index is 2.07. The first-order valence-corrected chi connectivity index (χ1v) is 6.42. The number of aromatic nitrogens is 2. The van der Waals surface area contributed by atoms with E-state index < -0.39 is 17.5 Å². The van der Waals surface area contributed by atoms with Gasteiger partial charge < -0.3 is 15.7 Å². The smallest absolute Gasteiger partial charge is 0.390 e. The Morgan fingerprint density at radius 2 is 2.00 bits per heavy atom. The molecule has 3 N–H and O–H groups in total. The van der Waals surface area contributed by atoms with Gasteiger partial charge in [-0.1, -0.05) is 0 Å². The number of nitrogens with two attached hydrogens (primary N) is 1. The topological polar surface area (TPSA) is 75.3 Å². The number of hydrogen-bond acceptors (Lipinski definition) is 5. The minimum Gasteiger partial charge on any atom is -0.390 e. The second-order valence-corrected chi connectivity index (χ2v) is 4.99. The van der Waals surface area contributed by atoms with Crippen molar-refractivity contribution in [3.63, 3.8) is 0 Å². The summed E-state index contributed by atoms with van der Waals surface area (Å²) >= 11 is 0. The predicted molar refractivity (Wildman–Crippen MR) is 67.1 cm³/mol. The molecule has 2 heterocycles. The van der Waals surface area contributed by atoms with Crippen LogP contribution in [0.5, 0.6) is 0 Å². The van der Waals surface area contributed by atoms with Crippen molar-refractivity contribution in [2.24, 2.45) is 5.73 Å². The Kier molecular flexibility index (Phi) is 4.14. The number of nitrogens with zero attached hydrogens (tertiary/aromatic N) is 3. The van der Waals surface area contributed by atoms with E-state index in [1.807, 2.05) is 0 Å². The molecule has 2 rings (SSSR count).